The number of hydrogen-bond donors (Lipinski definition) is 0. The van der Waals surface area contributed by atoms with E-state index in [2.05, 4.69) is 23.1 Å². The van der Waals surface area contributed by atoms with E-state index in [0.717, 1.165) is 23.4 Å². The van der Waals surface area contributed by atoms with Crippen molar-refractivity contribution in [3.05, 3.63) is 64.9 Å². The third-order valence-corrected chi connectivity index (χ3v) is 3.95. The number of anilines is 1. The zero-order chi connectivity index (χ0) is 12.2. The van der Waals surface area contributed by atoms with Crippen molar-refractivity contribution in [2.24, 2.45) is 0 Å². The van der Waals surface area contributed by atoms with Gasteiger partial charge in [0.25, 0.3) is 0 Å². The Morgan fingerprint density at radius 1 is 0.944 bits per heavy atom. The SMILES string of the molecule is [O-][N+]12Cc3ccccc3N(Cc3ccccc31)C2. The van der Waals surface area contributed by atoms with Gasteiger partial charge in [-0.15, -0.1) is 0 Å². The van der Waals surface area contributed by atoms with Crippen LogP contribution in [0.4, 0.5) is 11.4 Å². The number of quaternary nitrogens is 1. The van der Waals surface area contributed by atoms with Crippen LogP contribution in [0.2, 0.25) is 0 Å². The number of nitrogens with zero attached hydrogens (tertiary/aromatic N) is 2. The molecule has 0 saturated heterocycles. The highest BCUT2D eigenvalue weighted by Gasteiger charge is 2.37. The summed E-state index contributed by atoms with van der Waals surface area (Å²) in [6, 6.07) is 16.3. The Bertz CT molecular complexity index is 625. The van der Waals surface area contributed by atoms with Gasteiger partial charge in [-0.2, -0.15) is 0 Å². The molecule has 2 aliphatic rings. The smallest absolute Gasteiger partial charge is 0.159 e. The molecule has 18 heavy (non-hydrogen) atoms. The van der Waals surface area contributed by atoms with Gasteiger partial charge in [0.15, 0.2) is 6.67 Å². The van der Waals surface area contributed by atoms with Gasteiger partial charge in [-0.25, -0.2) is 0 Å². The van der Waals surface area contributed by atoms with E-state index in [1.165, 1.54) is 5.69 Å². The van der Waals surface area contributed by atoms with Crippen LogP contribution in [0.3, 0.4) is 0 Å². The van der Waals surface area contributed by atoms with Gasteiger partial charge in [-0.1, -0.05) is 36.4 Å². The first-order valence-corrected chi connectivity index (χ1v) is 6.26. The van der Waals surface area contributed by atoms with Crippen LogP contribution in [0.1, 0.15) is 11.1 Å². The van der Waals surface area contributed by atoms with Crippen molar-refractivity contribution in [3.8, 4) is 0 Å². The topological polar surface area (TPSA) is 26.3 Å². The molecule has 2 aromatic rings. The largest absolute Gasteiger partial charge is 0.626 e. The summed E-state index contributed by atoms with van der Waals surface area (Å²) in [5.41, 5.74) is 4.47. The average Bonchev–Trinajstić information content (AvgIpc) is 2.38. The molecule has 0 radical (unpaired) electrons. The Morgan fingerprint density at radius 3 is 2.56 bits per heavy atom. The van der Waals surface area contributed by atoms with Crippen molar-refractivity contribution in [3.63, 3.8) is 0 Å². The van der Waals surface area contributed by atoms with Gasteiger partial charge in [-0.05, 0) is 12.1 Å². The van der Waals surface area contributed by atoms with Crippen molar-refractivity contribution < 1.29 is 0 Å². The highest BCUT2D eigenvalue weighted by Crippen LogP contribution is 2.41. The summed E-state index contributed by atoms with van der Waals surface area (Å²) in [4.78, 5) is 2.20. The third kappa shape index (κ3) is 1.26. The summed E-state index contributed by atoms with van der Waals surface area (Å²) in [5.74, 6) is 0. The number of hydrogen-bond acceptors (Lipinski definition) is 2. The number of fused-ring (bicyclic) bond motifs is 6. The monoisotopic (exact) mass is 238 g/mol. The predicted molar refractivity (Wildman–Crippen MR) is 72.8 cm³/mol. The Balaban J connectivity index is 1.92. The second-order valence-corrected chi connectivity index (χ2v) is 5.14. The number of rotatable bonds is 0. The summed E-state index contributed by atoms with van der Waals surface area (Å²) < 4.78 is -0.243. The molecule has 2 heterocycles. The summed E-state index contributed by atoms with van der Waals surface area (Å²) in [5, 5.41) is 13.0. The van der Waals surface area contributed by atoms with Gasteiger partial charge in [-0.3, -0.25) is 0 Å². The van der Waals surface area contributed by atoms with Crippen LogP contribution in [0.25, 0.3) is 0 Å². The zero-order valence-corrected chi connectivity index (χ0v) is 10.0. The second kappa shape index (κ2) is 3.34. The minimum absolute atomic E-state index is 0.243. The minimum Gasteiger partial charge on any atom is -0.626 e. The maximum absolute atomic E-state index is 13.0. The molecule has 0 fully saturated rings. The van der Waals surface area contributed by atoms with E-state index in [9.17, 15) is 5.21 Å². The molecule has 90 valence electrons. The molecular formula is C15H14N2O. The first kappa shape index (κ1) is 10.1. The van der Waals surface area contributed by atoms with E-state index in [1.807, 2.05) is 30.3 Å². The lowest BCUT2D eigenvalue weighted by atomic mass is 10.0. The van der Waals surface area contributed by atoms with Gasteiger partial charge >= 0.3 is 0 Å². The van der Waals surface area contributed by atoms with Crippen LogP contribution >= 0.6 is 0 Å². The highest BCUT2D eigenvalue weighted by atomic mass is 16.5. The molecule has 0 N–H and O–H groups in total. The Labute approximate surface area is 106 Å². The van der Waals surface area contributed by atoms with Crippen molar-refractivity contribution in [2.45, 2.75) is 13.1 Å². The molecule has 0 aromatic heterocycles. The summed E-state index contributed by atoms with van der Waals surface area (Å²) >= 11 is 0. The molecule has 4 rings (SSSR count). The number of hydroxylamine groups is 2. The number of para-hydroxylation sites is 2. The van der Waals surface area contributed by atoms with Crippen molar-refractivity contribution in [2.75, 3.05) is 11.6 Å². The molecule has 1 atom stereocenters. The van der Waals surface area contributed by atoms with E-state index < -0.39 is 0 Å². The molecule has 0 saturated carbocycles. The highest BCUT2D eigenvalue weighted by molar-refractivity contribution is 5.65. The molecule has 2 bridgehead atoms. The van der Waals surface area contributed by atoms with Crippen LogP contribution < -0.4 is 9.55 Å². The van der Waals surface area contributed by atoms with E-state index in [1.54, 1.807) is 0 Å². The van der Waals surface area contributed by atoms with Crippen LogP contribution in [0, 0.1) is 5.21 Å². The Morgan fingerprint density at radius 2 is 1.67 bits per heavy atom. The molecule has 1 unspecified atom stereocenters. The van der Waals surface area contributed by atoms with E-state index in [-0.39, 0.29) is 4.65 Å². The zero-order valence-electron chi connectivity index (χ0n) is 10.0. The van der Waals surface area contributed by atoms with Crippen molar-refractivity contribution in [1.82, 2.24) is 4.65 Å². The van der Waals surface area contributed by atoms with Crippen molar-refractivity contribution >= 4 is 11.4 Å². The van der Waals surface area contributed by atoms with E-state index in [4.69, 9.17) is 0 Å². The Hall–Kier alpha value is -1.84. The lowest BCUT2D eigenvalue weighted by molar-refractivity contribution is 0.323. The Kier molecular flexibility index (Phi) is 1.88. The molecule has 3 nitrogen and oxygen atoms in total. The van der Waals surface area contributed by atoms with Gasteiger partial charge in [0.1, 0.15) is 12.2 Å². The maximum atomic E-state index is 13.0. The molecule has 0 aliphatic carbocycles. The van der Waals surface area contributed by atoms with Gasteiger partial charge in [0, 0.05) is 11.1 Å². The van der Waals surface area contributed by atoms with Crippen LogP contribution in [0.5, 0.6) is 0 Å². The van der Waals surface area contributed by atoms with E-state index in [0.29, 0.717) is 13.2 Å². The van der Waals surface area contributed by atoms with E-state index >= 15 is 0 Å². The molecule has 2 aliphatic heterocycles. The number of benzene rings is 2. The normalized spacial score (nSPS) is 24.4. The minimum atomic E-state index is -0.243. The molecular weight excluding hydrogens is 224 g/mol. The second-order valence-electron chi connectivity index (χ2n) is 5.14. The van der Waals surface area contributed by atoms with Gasteiger partial charge < -0.3 is 14.8 Å². The van der Waals surface area contributed by atoms with Crippen LogP contribution in [0.15, 0.2) is 48.5 Å². The molecule has 0 amide bonds. The molecule has 0 spiro atoms. The van der Waals surface area contributed by atoms with Crippen molar-refractivity contribution in [1.29, 1.82) is 0 Å². The molecule has 3 heteroatoms. The lowest BCUT2D eigenvalue weighted by Gasteiger charge is -2.53. The van der Waals surface area contributed by atoms with Crippen LogP contribution in [-0.4, -0.2) is 6.67 Å². The first-order chi connectivity index (χ1) is 8.76. The lowest BCUT2D eigenvalue weighted by Crippen LogP contribution is -2.57. The summed E-state index contributed by atoms with van der Waals surface area (Å²) in [6.45, 7) is 1.92. The average molecular weight is 238 g/mol. The fourth-order valence-corrected chi connectivity index (χ4v) is 3.17. The molecule has 2 aromatic carbocycles. The predicted octanol–water partition coefficient (Wildman–Crippen LogP) is 2.98. The van der Waals surface area contributed by atoms with Crippen LogP contribution in [-0.2, 0) is 13.1 Å². The summed E-state index contributed by atoms with van der Waals surface area (Å²) in [7, 11) is 0. The fourth-order valence-electron chi connectivity index (χ4n) is 3.17. The van der Waals surface area contributed by atoms with Gasteiger partial charge in [0.2, 0.25) is 0 Å². The van der Waals surface area contributed by atoms with Gasteiger partial charge in [0.05, 0.1) is 12.2 Å². The maximum Gasteiger partial charge on any atom is 0.159 e. The standard InChI is InChI=1S/C15H14N2O/c18-17-10-13-6-1-3-7-14(13)16(11-17)9-12-5-2-4-8-15(12)17/h1-8H,9-11H2. The summed E-state index contributed by atoms with van der Waals surface area (Å²) in [6.07, 6.45) is 0. The first-order valence-electron chi connectivity index (χ1n) is 6.26. The quantitative estimate of drug-likeness (QED) is 0.521. The fraction of sp³-hybridized carbons (Fsp3) is 0.200. The third-order valence-electron chi connectivity index (χ3n) is 3.95.